The van der Waals surface area contributed by atoms with Crippen molar-refractivity contribution >= 4 is 0 Å². The minimum atomic E-state index is 0.707. The summed E-state index contributed by atoms with van der Waals surface area (Å²) in [6, 6.07) is 0.776. The van der Waals surface area contributed by atoms with Gasteiger partial charge in [0.2, 0.25) is 0 Å². The topological polar surface area (TPSA) is 30.5 Å². The summed E-state index contributed by atoms with van der Waals surface area (Å²) in [6.07, 6.45) is 9.35. The molecule has 0 aromatic rings. The second-order valence-corrected chi connectivity index (χ2v) is 5.40. The molecule has 1 saturated carbocycles. The Morgan fingerprint density at radius 1 is 1.11 bits per heavy atom. The van der Waals surface area contributed by atoms with Crippen LogP contribution in [0.15, 0.2) is 0 Å². The van der Waals surface area contributed by atoms with E-state index in [0.717, 1.165) is 38.1 Å². The van der Waals surface area contributed by atoms with Gasteiger partial charge in [-0.15, -0.1) is 0 Å². The van der Waals surface area contributed by atoms with Crippen molar-refractivity contribution in [3.63, 3.8) is 0 Å². The molecule has 1 aliphatic carbocycles. The number of hydrogen-bond donors (Lipinski definition) is 1. The van der Waals surface area contributed by atoms with Gasteiger partial charge in [0.15, 0.2) is 0 Å². The Morgan fingerprint density at radius 2 is 2.00 bits per heavy atom. The molecule has 0 spiro atoms. The first-order chi connectivity index (χ1) is 8.86. The summed E-state index contributed by atoms with van der Waals surface area (Å²) < 4.78 is 10.4. The van der Waals surface area contributed by atoms with Crippen molar-refractivity contribution in [2.24, 2.45) is 5.92 Å². The molecule has 0 amide bonds. The van der Waals surface area contributed by atoms with Crippen LogP contribution in [0.3, 0.4) is 0 Å². The average Bonchev–Trinajstić information content (AvgIpc) is 2.42. The molecule has 0 aromatic heterocycles. The first kappa shape index (κ1) is 15.9. The van der Waals surface area contributed by atoms with Crippen LogP contribution in [0, 0.1) is 5.92 Å². The van der Waals surface area contributed by atoms with Gasteiger partial charge >= 0.3 is 0 Å². The zero-order chi connectivity index (χ0) is 13.1. The van der Waals surface area contributed by atoms with E-state index in [4.69, 9.17) is 9.47 Å². The highest BCUT2D eigenvalue weighted by molar-refractivity contribution is 4.77. The molecule has 18 heavy (non-hydrogen) atoms. The second kappa shape index (κ2) is 10.8. The zero-order valence-electron chi connectivity index (χ0n) is 12.2. The molecule has 1 rings (SSSR count). The van der Waals surface area contributed by atoms with Gasteiger partial charge in [0.05, 0.1) is 13.2 Å². The molecule has 0 bridgehead atoms. The Labute approximate surface area is 113 Å². The van der Waals surface area contributed by atoms with Crippen molar-refractivity contribution < 1.29 is 9.47 Å². The van der Waals surface area contributed by atoms with E-state index in [9.17, 15) is 0 Å². The number of rotatable bonds is 10. The lowest BCUT2D eigenvalue weighted by molar-refractivity contribution is 0.0687. The molecule has 2 atom stereocenters. The van der Waals surface area contributed by atoms with E-state index in [2.05, 4.69) is 12.2 Å². The number of methoxy groups -OCH3 is 1. The van der Waals surface area contributed by atoms with E-state index < -0.39 is 0 Å². The number of ether oxygens (including phenoxy) is 2. The molecule has 1 fully saturated rings. The van der Waals surface area contributed by atoms with Crippen LogP contribution in [0.1, 0.15) is 51.9 Å². The maximum atomic E-state index is 5.45. The van der Waals surface area contributed by atoms with Crippen LogP contribution >= 0.6 is 0 Å². The fourth-order valence-electron chi connectivity index (χ4n) is 2.73. The summed E-state index contributed by atoms with van der Waals surface area (Å²) in [4.78, 5) is 0. The maximum Gasteiger partial charge on any atom is 0.0700 e. The number of hydrogen-bond acceptors (Lipinski definition) is 3. The molecule has 0 aliphatic heterocycles. The van der Waals surface area contributed by atoms with Crippen molar-refractivity contribution in [1.29, 1.82) is 0 Å². The maximum absolute atomic E-state index is 5.45. The summed E-state index contributed by atoms with van der Waals surface area (Å²) in [7, 11) is 1.71. The Bertz CT molecular complexity index is 187. The predicted octanol–water partition coefficient (Wildman–Crippen LogP) is 2.99. The fraction of sp³-hybridized carbons (Fsp3) is 1.00. The van der Waals surface area contributed by atoms with Crippen LogP contribution in [0.5, 0.6) is 0 Å². The van der Waals surface area contributed by atoms with E-state index in [-0.39, 0.29) is 0 Å². The van der Waals surface area contributed by atoms with Gasteiger partial charge in [-0.3, -0.25) is 0 Å². The third-order valence-corrected chi connectivity index (χ3v) is 3.94. The summed E-state index contributed by atoms with van der Waals surface area (Å²) in [5.74, 6) is 0.966. The van der Waals surface area contributed by atoms with Crippen molar-refractivity contribution in [2.75, 3.05) is 33.5 Å². The minimum Gasteiger partial charge on any atom is -0.382 e. The lowest BCUT2D eigenvalue weighted by atomic mass is 9.84. The highest BCUT2D eigenvalue weighted by Gasteiger charge is 2.19. The van der Waals surface area contributed by atoms with Crippen molar-refractivity contribution in [1.82, 2.24) is 5.32 Å². The first-order valence-corrected chi connectivity index (χ1v) is 7.66. The zero-order valence-corrected chi connectivity index (χ0v) is 12.2. The Hall–Kier alpha value is -0.120. The van der Waals surface area contributed by atoms with Gasteiger partial charge in [0.1, 0.15) is 0 Å². The summed E-state index contributed by atoms with van der Waals surface area (Å²) in [6.45, 7) is 5.77. The summed E-state index contributed by atoms with van der Waals surface area (Å²) >= 11 is 0. The summed E-state index contributed by atoms with van der Waals surface area (Å²) in [5.41, 5.74) is 0. The monoisotopic (exact) mass is 257 g/mol. The lowest BCUT2D eigenvalue weighted by Crippen LogP contribution is -2.34. The molecule has 0 radical (unpaired) electrons. The Morgan fingerprint density at radius 3 is 2.78 bits per heavy atom. The Kier molecular flexibility index (Phi) is 9.54. The van der Waals surface area contributed by atoms with Gasteiger partial charge in [-0.25, -0.2) is 0 Å². The van der Waals surface area contributed by atoms with Crippen LogP contribution in [0.2, 0.25) is 0 Å². The van der Waals surface area contributed by atoms with Crippen molar-refractivity contribution in [2.45, 2.75) is 57.9 Å². The van der Waals surface area contributed by atoms with Crippen LogP contribution < -0.4 is 5.32 Å². The number of nitrogens with one attached hydrogen (secondary N) is 1. The van der Waals surface area contributed by atoms with Gasteiger partial charge in [-0.1, -0.05) is 26.2 Å². The molecule has 0 saturated heterocycles. The molecule has 1 N–H and O–H groups in total. The van der Waals surface area contributed by atoms with Crippen molar-refractivity contribution in [3.8, 4) is 0 Å². The molecule has 3 heteroatoms. The molecular weight excluding hydrogens is 226 g/mol. The van der Waals surface area contributed by atoms with Gasteiger partial charge in [-0.2, -0.15) is 0 Å². The third kappa shape index (κ3) is 7.34. The first-order valence-electron chi connectivity index (χ1n) is 7.66. The van der Waals surface area contributed by atoms with E-state index in [0.29, 0.717) is 6.61 Å². The molecule has 1 aliphatic rings. The molecule has 3 nitrogen and oxygen atoms in total. The van der Waals surface area contributed by atoms with E-state index >= 15 is 0 Å². The Balaban J connectivity index is 1.88. The third-order valence-electron chi connectivity index (χ3n) is 3.94. The molecule has 0 heterocycles. The molecule has 2 unspecified atom stereocenters. The van der Waals surface area contributed by atoms with Gasteiger partial charge < -0.3 is 14.8 Å². The van der Waals surface area contributed by atoms with Gasteiger partial charge in [0, 0.05) is 19.8 Å². The smallest absolute Gasteiger partial charge is 0.0700 e. The quantitative estimate of drug-likeness (QED) is 0.610. The van der Waals surface area contributed by atoms with Crippen LogP contribution in [0.25, 0.3) is 0 Å². The predicted molar refractivity (Wildman–Crippen MR) is 76.0 cm³/mol. The molecule has 0 aromatic carbocycles. The van der Waals surface area contributed by atoms with Crippen LogP contribution in [-0.4, -0.2) is 39.5 Å². The summed E-state index contributed by atoms with van der Waals surface area (Å²) in [5, 5.41) is 3.71. The SMILES string of the molecule is CCC1CCCC(NCCCCOCCOC)C1. The highest BCUT2D eigenvalue weighted by Crippen LogP contribution is 2.26. The van der Waals surface area contributed by atoms with Crippen molar-refractivity contribution in [3.05, 3.63) is 0 Å². The normalized spacial score (nSPS) is 24.3. The number of unbranched alkanes of at least 4 members (excludes halogenated alkanes) is 1. The minimum absolute atomic E-state index is 0.707. The highest BCUT2D eigenvalue weighted by atomic mass is 16.5. The van der Waals surface area contributed by atoms with E-state index in [1.54, 1.807) is 7.11 Å². The average molecular weight is 257 g/mol. The van der Waals surface area contributed by atoms with Crippen LogP contribution in [-0.2, 0) is 9.47 Å². The molecule has 108 valence electrons. The standard InChI is InChI=1S/C15H31NO2/c1-3-14-7-6-8-15(13-14)16-9-4-5-10-18-12-11-17-2/h14-16H,3-13H2,1-2H3. The van der Waals surface area contributed by atoms with Gasteiger partial charge in [-0.05, 0) is 38.1 Å². The van der Waals surface area contributed by atoms with Gasteiger partial charge in [0.25, 0.3) is 0 Å². The lowest BCUT2D eigenvalue weighted by Gasteiger charge is -2.29. The second-order valence-electron chi connectivity index (χ2n) is 5.40. The molecular formula is C15H31NO2. The van der Waals surface area contributed by atoms with Crippen LogP contribution in [0.4, 0.5) is 0 Å². The van der Waals surface area contributed by atoms with E-state index in [1.807, 2.05) is 0 Å². The largest absolute Gasteiger partial charge is 0.382 e. The fourth-order valence-corrected chi connectivity index (χ4v) is 2.73. The van der Waals surface area contributed by atoms with E-state index in [1.165, 1.54) is 38.5 Å².